The van der Waals surface area contributed by atoms with Gasteiger partial charge in [-0.05, 0) is 37.8 Å². The van der Waals surface area contributed by atoms with Crippen molar-refractivity contribution in [2.75, 3.05) is 7.11 Å². The van der Waals surface area contributed by atoms with Crippen LogP contribution in [0.15, 0.2) is 12.1 Å². The first kappa shape index (κ1) is 13.6. The Labute approximate surface area is 113 Å². The molecule has 18 heavy (non-hydrogen) atoms. The molecule has 1 N–H and O–H groups in total. The summed E-state index contributed by atoms with van der Waals surface area (Å²) in [5, 5.41) is 3.58. The third-order valence-electron chi connectivity index (χ3n) is 3.72. The molecular formula is C14H21NO2S. The minimum atomic E-state index is -0.167. The van der Waals surface area contributed by atoms with Gasteiger partial charge in [-0.15, -0.1) is 11.3 Å². The van der Waals surface area contributed by atoms with E-state index in [1.54, 1.807) is 11.3 Å². The number of rotatable bonds is 6. The van der Waals surface area contributed by atoms with Crippen LogP contribution < -0.4 is 5.32 Å². The molecule has 0 bridgehead atoms. The van der Waals surface area contributed by atoms with Crippen molar-refractivity contribution in [3.05, 3.63) is 21.9 Å². The van der Waals surface area contributed by atoms with Crippen LogP contribution in [0.1, 0.15) is 35.9 Å². The molecular weight excluding hydrogens is 246 g/mol. The van der Waals surface area contributed by atoms with Crippen LogP contribution in [0.5, 0.6) is 0 Å². The van der Waals surface area contributed by atoms with Crippen molar-refractivity contribution in [1.29, 1.82) is 0 Å². The van der Waals surface area contributed by atoms with Crippen molar-refractivity contribution in [2.24, 2.45) is 5.92 Å². The van der Waals surface area contributed by atoms with E-state index in [9.17, 15) is 4.79 Å². The summed E-state index contributed by atoms with van der Waals surface area (Å²) in [5.74, 6) is 0.693. The fourth-order valence-electron chi connectivity index (χ4n) is 2.19. The Morgan fingerprint density at radius 2 is 2.22 bits per heavy atom. The first-order valence-electron chi connectivity index (χ1n) is 6.57. The molecule has 1 aliphatic rings. The second kappa shape index (κ2) is 6.34. The first-order valence-corrected chi connectivity index (χ1v) is 7.38. The van der Waals surface area contributed by atoms with Gasteiger partial charge in [0.15, 0.2) is 0 Å². The molecule has 1 fully saturated rings. The van der Waals surface area contributed by atoms with Crippen LogP contribution in [0, 0.1) is 5.92 Å². The maximum absolute atomic E-state index is 11.2. The summed E-state index contributed by atoms with van der Waals surface area (Å²) in [5.41, 5.74) is 0. The maximum atomic E-state index is 11.2. The van der Waals surface area contributed by atoms with Gasteiger partial charge in [-0.3, -0.25) is 4.79 Å². The Kier molecular flexibility index (Phi) is 4.78. The van der Waals surface area contributed by atoms with Crippen LogP contribution in [0.25, 0.3) is 0 Å². The minimum absolute atomic E-state index is 0.167. The highest BCUT2D eigenvalue weighted by molar-refractivity contribution is 7.12. The molecule has 4 heteroatoms. The standard InChI is InChI=1S/C14H21NO2S/c1-10(11-4-3-5-11)15-9-13-7-6-12(18-13)8-14(16)17-2/h6-7,10-11,15H,3-5,8-9H2,1-2H3. The van der Waals surface area contributed by atoms with Gasteiger partial charge in [-0.2, -0.15) is 0 Å². The largest absolute Gasteiger partial charge is 0.469 e. The molecule has 1 unspecified atom stereocenters. The van der Waals surface area contributed by atoms with Gasteiger partial charge in [0.05, 0.1) is 13.5 Å². The summed E-state index contributed by atoms with van der Waals surface area (Å²) in [4.78, 5) is 13.5. The van der Waals surface area contributed by atoms with Crippen molar-refractivity contribution in [3.63, 3.8) is 0 Å². The SMILES string of the molecule is COC(=O)Cc1ccc(CNC(C)C2CCC2)s1. The molecule has 0 spiro atoms. The van der Waals surface area contributed by atoms with Crippen molar-refractivity contribution in [2.45, 2.75) is 45.2 Å². The normalized spacial score (nSPS) is 17.2. The number of methoxy groups -OCH3 is 1. The van der Waals surface area contributed by atoms with E-state index in [0.29, 0.717) is 12.5 Å². The van der Waals surface area contributed by atoms with Crippen molar-refractivity contribution in [1.82, 2.24) is 5.32 Å². The lowest BCUT2D eigenvalue weighted by atomic mass is 9.80. The number of hydrogen-bond acceptors (Lipinski definition) is 4. The lowest BCUT2D eigenvalue weighted by molar-refractivity contribution is -0.139. The highest BCUT2D eigenvalue weighted by atomic mass is 32.1. The average molecular weight is 267 g/mol. The van der Waals surface area contributed by atoms with E-state index in [-0.39, 0.29) is 5.97 Å². The third-order valence-corrected chi connectivity index (χ3v) is 4.80. The van der Waals surface area contributed by atoms with Crippen molar-refractivity contribution in [3.8, 4) is 0 Å². The summed E-state index contributed by atoms with van der Waals surface area (Å²) in [7, 11) is 1.43. The molecule has 0 aromatic carbocycles. The lowest BCUT2D eigenvalue weighted by Crippen LogP contribution is -2.36. The van der Waals surface area contributed by atoms with E-state index in [1.165, 1.54) is 31.2 Å². The molecule has 0 radical (unpaired) electrons. The van der Waals surface area contributed by atoms with Gasteiger partial charge in [0.2, 0.25) is 0 Å². The fraction of sp³-hybridized carbons (Fsp3) is 0.643. The lowest BCUT2D eigenvalue weighted by Gasteiger charge is -2.31. The van der Waals surface area contributed by atoms with Crippen LogP contribution >= 0.6 is 11.3 Å². The Bertz CT molecular complexity index is 398. The number of carbonyl (C=O) groups is 1. The monoisotopic (exact) mass is 267 g/mol. The van der Waals surface area contributed by atoms with Gasteiger partial charge < -0.3 is 10.1 Å². The molecule has 1 saturated carbocycles. The Hall–Kier alpha value is -0.870. The van der Waals surface area contributed by atoms with E-state index < -0.39 is 0 Å². The zero-order valence-corrected chi connectivity index (χ0v) is 11.9. The van der Waals surface area contributed by atoms with E-state index >= 15 is 0 Å². The molecule has 1 atom stereocenters. The zero-order chi connectivity index (χ0) is 13.0. The third kappa shape index (κ3) is 3.56. The van der Waals surface area contributed by atoms with Gasteiger partial charge in [0, 0.05) is 22.3 Å². The summed E-state index contributed by atoms with van der Waals surface area (Å²) >= 11 is 1.69. The number of ether oxygens (including phenoxy) is 1. The number of esters is 1. The Morgan fingerprint density at radius 3 is 2.83 bits per heavy atom. The van der Waals surface area contributed by atoms with Gasteiger partial charge in [-0.1, -0.05) is 6.42 Å². The van der Waals surface area contributed by atoms with Crippen molar-refractivity contribution < 1.29 is 9.53 Å². The smallest absolute Gasteiger partial charge is 0.310 e. The second-order valence-corrected chi connectivity index (χ2v) is 6.23. The summed E-state index contributed by atoms with van der Waals surface area (Å²) in [6.45, 7) is 3.18. The molecule has 2 rings (SSSR count). The Morgan fingerprint density at radius 1 is 1.50 bits per heavy atom. The molecule has 0 saturated heterocycles. The zero-order valence-electron chi connectivity index (χ0n) is 11.1. The molecule has 0 aliphatic heterocycles. The first-order chi connectivity index (χ1) is 8.69. The predicted molar refractivity (Wildman–Crippen MR) is 73.7 cm³/mol. The van der Waals surface area contributed by atoms with Gasteiger partial charge in [0.1, 0.15) is 0 Å². The van der Waals surface area contributed by atoms with E-state index in [1.807, 2.05) is 6.07 Å². The van der Waals surface area contributed by atoms with Crippen LogP contribution in [0.2, 0.25) is 0 Å². The minimum Gasteiger partial charge on any atom is -0.469 e. The molecule has 1 aromatic heterocycles. The topological polar surface area (TPSA) is 38.3 Å². The number of carbonyl (C=O) groups excluding carboxylic acids is 1. The van der Waals surface area contributed by atoms with Gasteiger partial charge in [0.25, 0.3) is 0 Å². The summed E-state index contributed by atoms with van der Waals surface area (Å²) in [6, 6.07) is 4.72. The summed E-state index contributed by atoms with van der Waals surface area (Å²) in [6.07, 6.45) is 4.51. The Balaban J connectivity index is 1.77. The fourth-order valence-corrected chi connectivity index (χ4v) is 3.15. The maximum Gasteiger partial charge on any atom is 0.310 e. The van der Waals surface area contributed by atoms with Crippen LogP contribution in [0.4, 0.5) is 0 Å². The molecule has 1 heterocycles. The highest BCUT2D eigenvalue weighted by Crippen LogP contribution is 2.29. The van der Waals surface area contributed by atoms with Crippen LogP contribution in [-0.2, 0) is 22.5 Å². The number of hydrogen-bond donors (Lipinski definition) is 1. The molecule has 1 aliphatic carbocycles. The van der Waals surface area contributed by atoms with Gasteiger partial charge in [-0.25, -0.2) is 0 Å². The van der Waals surface area contributed by atoms with E-state index in [4.69, 9.17) is 0 Å². The molecule has 100 valence electrons. The quantitative estimate of drug-likeness (QED) is 0.805. The molecule has 0 amide bonds. The van der Waals surface area contributed by atoms with Crippen molar-refractivity contribution >= 4 is 17.3 Å². The molecule has 3 nitrogen and oxygen atoms in total. The molecule has 1 aromatic rings. The highest BCUT2D eigenvalue weighted by Gasteiger charge is 2.23. The van der Waals surface area contributed by atoms with E-state index in [2.05, 4.69) is 23.0 Å². The number of thiophene rings is 1. The average Bonchev–Trinajstić information content (AvgIpc) is 2.71. The summed E-state index contributed by atoms with van der Waals surface area (Å²) < 4.78 is 4.67. The second-order valence-electron chi connectivity index (χ2n) is 4.98. The van der Waals surface area contributed by atoms with E-state index in [0.717, 1.165) is 17.3 Å². The number of nitrogens with one attached hydrogen (secondary N) is 1. The van der Waals surface area contributed by atoms with Crippen LogP contribution in [0.3, 0.4) is 0 Å². The van der Waals surface area contributed by atoms with Crippen LogP contribution in [-0.4, -0.2) is 19.1 Å². The predicted octanol–water partition coefficient (Wildman–Crippen LogP) is 2.74. The van der Waals surface area contributed by atoms with Gasteiger partial charge >= 0.3 is 5.97 Å².